The van der Waals surface area contributed by atoms with E-state index in [1.165, 1.54) is 41.3 Å². The molecule has 0 aliphatic heterocycles. The molecule has 40 heavy (non-hydrogen) atoms. The number of halogens is 4. The first-order valence-corrected chi connectivity index (χ1v) is 15.5. The molecule has 1 N–H and O–H groups in total. The maximum atomic E-state index is 14.0. The molecule has 214 valence electrons. The summed E-state index contributed by atoms with van der Waals surface area (Å²) in [5.41, 5.74) is 0.736. The average Bonchev–Trinajstić information content (AvgIpc) is 2.91. The Morgan fingerprint density at radius 3 is 2.12 bits per heavy atom. The van der Waals surface area contributed by atoms with Gasteiger partial charge in [0.25, 0.3) is 10.0 Å². The number of anilines is 1. The summed E-state index contributed by atoms with van der Waals surface area (Å²) in [5.74, 6) is -0.959. The highest BCUT2D eigenvalue weighted by molar-refractivity contribution is 7.92. The Balaban J connectivity index is 2.07. The van der Waals surface area contributed by atoms with Crippen molar-refractivity contribution in [2.24, 2.45) is 0 Å². The highest BCUT2D eigenvalue weighted by atomic mass is 35.5. The summed E-state index contributed by atoms with van der Waals surface area (Å²) >= 11 is 24.6. The van der Waals surface area contributed by atoms with Crippen LogP contribution >= 0.6 is 46.4 Å². The van der Waals surface area contributed by atoms with Crippen LogP contribution in [0, 0.1) is 0 Å². The van der Waals surface area contributed by atoms with Crippen LogP contribution in [0.15, 0.2) is 71.6 Å². The van der Waals surface area contributed by atoms with E-state index in [2.05, 4.69) is 5.32 Å². The average molecular weight is 645 g/mol. The summed E-state index contributed by atoms with van der Waals surface area (Å²) in [4.78, 5) is 28.4. The molecule has 0 saturated heterocycles. The van der Waals surface area contributed by atoms with E-state index < -0.39 is 28.5 Å². The SMILES string of the molecule is CCCNC(=O)C(CC)N(Cc1ccc(Cl)cc1Cl)C(=O)CN(c1cccc(Cl)c1)S(=O)(=O)c1ccc(Cl)cc1. The van der Waals surface area contributed by atoms with Gasteiger partial charge in [-0.2, -0.15) is 0 Å². The third-order valence-electron chi connectivity index (χ3n) is 6.07. The minimum absolute atomic E-state index is 0.0444. The molecule has 0 saturated carbocycles. The van der Waals surface area contributed by atoms with Gasteiger partial charge < -0.3 is 10.2 Å². The topological polar surface area (TPSA) is 86.8 Å². The number of hydrogen-bond acceptors (Lipinski definition) is 4. The lowest BCUT2D eigenvalue weighted by molar-refractivity contribution is -0.140. The van der Waals surface area contributed by atoms with Gasteiger partial charge >= 0.3 is 0 Å². The maximum absolute atomic E-state index is 14.0. The smallest absolute Gasteiger partial charge is 0.264 e. The quantitative estimate of drug-likeness (QED) is 0.234. The van der Waals surface area contributed by atoms with Gasteiger partial charge in [0, 0.05) is 33.2 Å². The zero-order valence-corrected chi connectivity index (χ0v) is 25.8. The number of benzene rings is 3. The van der Waals surface area contributed by atoms with Gasteiger partial charge in [0.1, 0.15) is 12.6 Å². The zero-order valence-electron chi connectivity index (χ0n) is 21.9. The minimum atomic E-state index is -4.25. The van der Waals surface area contributed by atoms with E-state index >= 15 is 0 Å². The van der Waals surface area contributed by atoms with Crippen LogP contribution in [0.5, 0.6) is 0 Å². The van der Waals surface area contributed by atoms with E-state index in [-0.39, 0.29) is 34.5 Å². The van der Waals surface area contributed by atoms with Gasteiger partial charge in [0.15, 0.2) is 0 Å². The second kappa shape index (κ2) is 14.4. The van der Waals surface area contributed by atoms with Gasteiger partial charge in [-0.25, -0.2) is 8.42 Å². The molecular formula is C28H29Cl4N3O4S. The minimum Gasteiger partial charge on any atom is -0.354 e. The van der Waals surface area contributed by atoms with E-state index in [1.807, 2.05) is 6.92 Å². The number of nitrogens with one attached hydrogen (secondary N) is 1. The van der Waals surface area contributed by atoms with Gasteiger partial charge in [0.05, 0.1) is 10.6 Å². The molecule has 3 aromatic carbocycles. The van der Waals surface area contributed by atoms with Gasteiger partial charge in [-0.15, -0.1) is 0 Å². The van der Waals surface area contributed by atoms with Crippen LogP contribution in [-0.2, 0) is 26.2 Å². The second-order valence-electron chi connectivity index (χ2n) is 8.92. The van der Waals surface area contributed by atoms with Crippen LogP contribution < -0.4 is 9.62 Å². The molecule has 2 amide bonds. The molecule has 0 heterocycles. The summed E-state index contributed by atoms with van der Waals surface area (Å²) in [6, 6.07) is 15.8. The highest BCUT2D eigenvalue weighted by Gasteiger charge is 2.34. The second-order valence-corrected chi connectivity index (χ2v) is 12.5. The Morgan fingerprint density at radius 2 is 1.52 bits per heavy atom. The number of nitrogens with zero attached hydrogens (tertiary/aromatic N) is 2. The van der Waals surface area contributed by atoms with E-state index in [0.29, 0.717) is 33.6 Å². The Hall–Kier alpha value is -2.49. The molecule has 12 heteroatoms. The van der Waals surface area contributed by atoms with Crippen molar-refractivity contribution in [3.05, 3.63) is 92.4 Å². The maximum Gasteiger partial charge on any atom is 0.264 e. The van der Waals surface area contributed by atoms with Crippen molar-refractivity contribution in [2.75, 3.05) is 17.4 Å². The summed E-state index contributed by atoms with van der Waals surface area (Å²) in [7, 11) is -4.25. The predicted octanol–water partition coefficient (Wildman–Crippen LogP) is 6.83. The lowest BCUT2D eigenvalue weighted by Gasteiger charge is -2.33. The van der Waals surface area contributed by atoms with Gasteiger partial charge in [0.2, 0.25) is 11.8 Å². The van der Waals surface area contributed by atoms with Crippen LogP contribution in [0.3, 0.4) is 0 Å². The molecule has 1 atom stereocenters. The first-order chi connectivity index (χ1) is 19.0. The van der Waals surface area contributed by atoms with Gasteiger partial charge in [-0.1, -0.05) is 72.4 Å². The van der Waals surface area contributed by atoms with Crippen molar-refractivity contribution in [1.82, 2.24) is 10.2 Å². The van der Waals surface area contributed by atoms with Crippen molar-refractivity contribution in [2.45, 2.75) is 44.2 Å². The van der Waals surface area contributed by atoms with E-state index in [1.54, 1.807) is 37.3 Å². The van der Waals surface area contributed by atoms with E-state index in [4.69, 9.17) is 46.4 Å². The summed E-state index contributed by atoms with van der Waals surface area (Å²) < 4.78 is 28.6. The van der Waals surface area contributed by atoms with Crippen LogP contribution in [0.4, 0.5) is 5.69 Å². The Labute approximate surface area is 255 Å². The first-order valence-electron chi connectivity index (χ1n) is 12.5. The number of hydrogen-bond donors (Lipinski definition) is 1. The molecule has 0 aliphatic rings. The molecule has 0 fully saturated rings. The van der Waals surface area contributed by atoms with Crippen LogP contribution in [-0.4, -0.2) is 44.3 Å². The normalized spacial score (nSPS) is 12.1. The fourth-order valence-corrected chi connectivity index (χ4v) is 6.20. The number of sulfonamides is 1. The highest BCUT2D eigenvalue weighted by Crippen LogP contribution is 2.28. The molecule has 1 unspecified atom stereocenters. The number of carbonyl (C=O) groups excluding carboxylic acids is 2. The van der Waals surface area contributed by atoms with E-state index in [0.717, 1.165) is 4.31 Å². The van der Waals surface area contributed by atoms with E-state index in [9.17, 15) is 18.0 Å². The molecular weight excluding hydrogens is 616 g/mol. The van der Waals surface area contributed by atoms with Crippen molar-refractivity contribution in [3.8, 4) is 0 Å². The molecule has 0 aliphatic carbocycles. The summed E-state index contributed by atoms with van der Waals surface area (Å²) in [5, 5.41) is 4.21. The largest absolute Gasteiger partial charge is 0.354 e. The Bertz CT molecular complexity index is 1450. The van der Waals surface area contributed by atoms with Crippen LogP contribution in [0.1, 0.15) is 32.3 Å². The summed E-state index contributed by atoms with van der Waals surface area (Å²) in [6.07, 6.45) is 0.995. The van der Waals surface area contributed by atoms with Crippen molar-refractivity contribution >= 4 is 73.9 Å². The summed E-state index contributed by atoms with van der Waals surface area (Å²) in [6.45, 7) is 3.48. The fraction of sp³-hybridized carbons (Fsp3) is 0.286. The van der Waals surface area contributed by atoms with Crippen LogP contribution in [0.25, 0.3) is 0 Å². The molecule has 0 radical (unpaired) electrons. The standard InChI is InChI=1S/C28H29Cl4N3O4S/c1-3-14-33-28(37)26(4-2)34(17-19-8-9-22(31)16-25(19)32)27(36)18-35(23-7-5-6-21(30)15-23)40(38,39)24-12-10-20(29)11-13-24/h5-13,15-16,26H,3-4,14,17-18H2,1-2H3,(H,33,37). The zero-order chi connectivity index (χ0) is 29.4. The molecule has 3 rings (SSSR count). The van der Waals surface area contributed by atoms with Gasteiger partial charge in [-0.3, -0.25) is 13.9 Å². The Morgan fingerprint density at radius 1 is 0.875 bits per heavy atom. The Kier molecular flexibility index (Phi) is 11.5. The van der Waals surface area contributed by atoms with Crippen molar-refractivity contribution in [1.29, 1.82) is 0 Å². The third-order valence-corrected chi connectivity index (χ3v) is 8.93. The molecule has 0 bridgehead atoms. The number of rotatable bonds is 12. The van der Waals surface area contributed by atoms with Crippen molar-refractivity contribution in [3.63, 3.8) is 0 Å². The third kappa shape index (κ3) is 8.04. The fourth-order valence-electron chi connectivity index (χ4n) is 4.01. The predicted molar refractivity (Wildman–Crippen MR) is 162 cm³/mol. The molecule has 0 spiro atoms. The van der Waals surface area contributed by atoms with Crippen molar-refractivity contribution < 1.29 is 18.0 Å². The van der Waals surface area contributed by atoms with Crippen LogP contribution in [0.2, 0.25) is 20.1 Å². The first kappa shape index (κ1) is 32.0. The van der Waals surface area contributed by atoms with Gasteiger partial charge in [-0.05, 0) is 73.0 Å². The molecule has 0 aromatic heterocycles. The lowest BCUT2D eigenvalue weighted by atomic mass is 10.1. The monoisotopic (exact) mass is 643 g/mol. The molecule has 7 nitrogen and oxygen atoms in total. The number of carbonyl (C=O) groups is 2. The lowest BCUT2D eigenvalue weighted by Crippen LogP contribution is -2.52. The molecule has 3 aromatic rings. The number of amides is 2.